The molecule has 2 rings (SSSR count). The smallest absolute Gasteiger partial charge is 0.0806 e. The minimum atomic E-state index is -0.639. The summed E-state index contributed by atoms with van der Waals surface area (Å²) in [5.74, 6) is 0. The first kappa shape index (κ1) is 11.0. The largest absolute Gasteiger partial charge is 0.322 e. The van der Waals surface area contributed by atoms with E-state index in [1.807, 2.05) is 50.3 Å². The number of hydrogen-bond donors (Lipinski definition) is 2. The fourth-order valence-electron chi connectivity index (χ4n) is 2.08. The van der Waals surface area contributed by atoms with Crippen LogP contribution in [0.2, 0.25) is 0 Å². The van der Waals surface area contributed by atoms with Gasteiger partial charge < -0.3 is 11.5 Å². The molecule has 0 radical (unpaired) electrons. The second-order valence-electron chi connectivity index (χ2n) is 4.29. The van der Waals surface area contributed by atoms with Crippen LogP contribution in [0, 0.1) is 13.8 Å². The Morgan fingerprint density at radius 1 is 1.25 bits per heavy atom. The molecule has 3 heteroatoms. The molecule has 0 saturated heterocycles. The van der Waals surface area contributed by atoms with Gasteiger partial charge in [0, 0.05) is 17.4 Å². The lowest BCUT2D eigenvalue weighted by Crippen LogP contribution is -2.51. The number of allylic oxidation sites excluding steroid dienone is 2. The summed E-state index contributed by atoms with van der Waals surface area (Å²) in [4.78, 5) is 4.43. The zero-order valence-corrected chi connectivity index (χ0v) is 9.64. The van der Waals surface area contributed by atoms with E-state index in [0.717, 1.165) is 17.0 Å². The Hall–Kier alpha value is -1.45. The molecule has 3 nitrogen and oxygen atoms in total. The second-order valence-corrected chi connectivity index (χ2v) is 4.29. The Kier molecular flexibility index (Phi) is 2.66. The maximum Gasteiger partial charge on any atom is 0.0806 e. The van der Waals surface area contributed by atoms with E-state index in [0.29, 0.717) is 0 Å². The lowest BCUT2D eigenvalue weighted by atomic mass is 9.80. The molecule has 0 spiro atoms. The Labute approximate surface area is 95.9 Å². The number of rotatable bonds is 1. The summed E-state index contributed by atoms with van der Waals surface area (Å²) in [6, 6.07) is 3.78. The topological polar surface area (TPSA) is 64.9 Å². The first-order valence-electron chi connectivity index (χ1n) is 5.39. The highest BCUT2D eigenvalue weighted by Gasteiger charge is 2.33. The minimum Gasteiger partial charge on any atom is -0.322 e. The molecule has 0 amide bonds. The molecule has 0 bridgehead atoms. The van der Waals surface area contributed by atoms with Crippen molar-refractivity contribution in [2.75, 3.05) is 0 Å². The van der Waals surface area contributed by atoms with Crippen molar-refractivity contribution >= 4 is 0 Å². The summed E-state index contributed by atoms with van der Waals surface area (Å²) in [6.07, 6.45) is 7.71. The van der Waals surface area contributed by atoms with Crippen LogP contribution in [0.4, 0.5) is 0 Å². The molecule has 1 aliphatic rings. The van der Waals surface area contributed by atoms with Crippen LogP contribution in [-0.4, -0.2) is 11.0 Å². The third kappa shape index (κ3) is 1.68. The van der Waals surface area contributed by atoms with Crippen molar-refractivity contribution in [2.45, 2.75) is 25.4 Å². The Balaban J connectivity index is 2.51. The Morgan fingerprint density at radius 2 is 2.00 bits per heavy atom. The summed E-state index contributed by atoms with van der Waals surface area (Å²) >= 11 is 0. The van der Waals surface area contributed by atoms with Crippen molar-refractivity contribution < 1.29 is 0 Å². The summed E-state index contributed by atoms with van der Waals surface area (Å²) < 4.78 is 0. The van der Waals surface area contributed by atoms with Crippen molar-refractivity contribution in [3.8, 4) is 0 Å². The first-order valence-corrected chi connectivity index (χ1v) is 5.39. The Bertz CT molecular complexity index is 462. The SMILES string of the molecule is Cc1ccc(C2(N)C=CC=CC2N)c(C)n1. The monoisotopic (exact) mass is 215 g/mol. The lowest BCUT2D eigenvalue weighted by Gasteiger charge is -2.33. The third-order valence-electron chi connectivity index (χ3n) is 3.04. The van der Waals surface area contributed by atoms with Crippen LogP contribution in [0.1, 0.15) is 17.0 Å². The Morgan fingerprint density at radius 3 is 2.62 bits per heavy atom. The van der Waals surface area contributed by atoms with Gasteiger partial charge in [-0.05, 0) is 25.5 Å². The molecular weight excluding hydrogens is 198 g/mol. The first-order chi connectivity index (χ1) is 7.54. The quantitative estimate of drug-likeness (QED) is 0.742. The number of nitrogens with two attached hydrogens (primary N) is 2. The predicted octanol–water partition coefficient (Wildman–Crippen LogP) is 1.31. The van der Waals surface area contributed by atoms with Crippen LogP contribution in [0.25, 0.3) is 0 Å². The van der Waals surface area contributed by atoms with Gasteiger partial charge in [0.05, 0.1) is 5.54 Å². The number of pyridine rings is 1. The minimum absolute atomic E-state index is 0.208. The van der Waals surface area contributed by atoms with E-state index < -0.39 is 5.54 Å². The molecule has 0 aromatic carbocycles. The number of hydrogen-bond acceptors (Lipinski definition) is 3. The van der Waals surface area contributed by atoms with E-state index in [2.05, 4.69) is 4.98 Å². The summed E-state index contributed by atoms with van der Waals surface area (Å²) in [7, 11) is 0. The highest BCUT2D eigenvalue weighted by molar-refractivity contribution is 5.40. The van der Waals surface area contributed by atoms with Crippen molar-refractivity contribution in [1.82, 2.24) is 4.98 Å². The van der Waals surface area contributed by atoms with E-state index in [1.54, 1.807) is 0 Å². The van der Waals surface area contributed by atoms with Crippen LogP contribution in [0.5, 0.6) is 0 Å². The maximum absolute atomic E-state index is 6.37. The molecule has 1 aromatic rings. The molecule has 0 fully saturated rings. The van der Waals surface area contributed by atoms with E-state index in [-0.39, 0.29) is 6.04 Å². The van der Waals surface area contributed by atoms with E-state index in [9.17, 15) is 0 Å². The maximum atomic E-state index is 6.37. The van der Waals surface area contributed by atoms with Crippen molar-refractivity contribution in [2.24, 2.45) is 11.5 Å². The van der Waals surface area contributed by atoms with Crippen molar-refractivity contribution in [3.05, 3.63) is 53.4 Å². The fraction of sp³-hybridized carbons (Fsp3) is 0.308. The average molecular weight is 215 g/mol. The van der Waals surface area contributed by atoms with Gasteiger partial charge in [0.25, 0.3) is 0 Å². The number of nitrogens with zero attached hydrogens (tertiary/aromatic N) is 1. The average Bonchev–Trinajstić information content (AvgIpc) is 2.22. The normalized spacial score (nSPS) is 28.4. The molecule has 0 saturated carbocycles. The number of aromatic nitrogens is 1. The van der Waals surface area contributed by atoms with Gasteiger partial charge in [0.1, 0.15) is 0 Å². The molecular formula is C13H17N3. The van der Waals surface area contributed by atoms with E-state index in [4.69, 9.17) is 11.5 Å². The van der Waals surface area contributed by atoms with Gasteiger partial charge in [-0.15, -0.1) is 0 Å². The van der Waals surface area contributed by atoms with E-state index >= 15 is 0 Å². The van der Waals surface area contributed by atoms with Crippen molar-refractivity contribution in [1.29, 1.82) is 0 Å². The second kappa shape index (κ2) is 3.85. The molecule has 16 heavy (non-hydrogen) atoms. The predicted molar refractivity (Wildman–Crippen MR) is 65.8 cm³/mol. The highest BCUT2D eigenvalue weighted by atomic mass is 14.9. The molecule has 84 valence electrons. The standard InChI is InChI=1S/C13H17N3/c1-9-6-7-11(10(2)16-9)13(15)8-4-3-5-12(13)14/h3-8,12H,14-15H2,1-2H3. The highest BCUT2D eigenvalue weighted by Crippen LogP contribution is 2.28. The fourth-order valence-corrected chi connectivity index (χ4v) is 2.08. The van der Waals surface area contributed by atoms with Crippen LogP contribution in [0.3, 0.4) is 0 Å². The summed E-state index contributed by atoms with van der Waals surface area (Å²) in [6.45, 7) is 3.94. The van der Waals surface area contributed by atoms with Gasteiger partial charge in [-0.25, -0.2) is 0 Å². The van der Waals surface area contributed by atoms with Gasteiger partial charge in [0.15, 0.2) is 0 Å². The molecule has 4 N–H and O–H groups in total. The molecule has 1 aliphatic carbocycles. The van der Waals surface area contributed by atoms with Gasteiger partial charge in [-0.1, -0.05) is 30.4 Å². The molecule has 1 aromatic heterocycles. The van der Waals surface area contributed by atoms with Gasteiger partial charge in [0.2, 0.25) is 0 Å². The molecule has 0 aliphatic heterocycles. The van der Waals surface area contributed by atoms with Gasteiger partial charge in [-0.3, -0.25) is 4.98 Å². The lowest BCUT2D eigenvalue weighted by molar-refractivity contribution is 0.487. The summed E-state index contributed by atoms with van der Waals surface area (Å²) in [5.41, 5.74) is 14.7. The van der Waals surface area contributed by atoms with Crippen LogP contribution in [0.15, 0.2) is 36.4 Å². The number of aryl methyl sites for hydroxylation is 2. The van der Waals surface area contributed by atoms with Crippen molar-refractivity contribution in [3.63, 3.8) is 0 Å². The molecule has 2 atom stereocenters. The van der Waals surface area contributed by atoms with Crippen LogP contribution < -0.4 is 11.5 Å². The van der Waals surface area contributed by atoms with E-state index in [1.165, 1.54) is 0 Å². The molecule has 2 unspecified atom stereocenters. The zero-order valence-electron chi connectivity index (χ0n) is 9.64. The van der Waals surface area contributed by atoms with Crippen LogP contribution in [-0.2, 0) is 5.54 Å². The zero-order chi connectivity index (χ0) is 11.8. The third-order valence-corrected chi connectivity index (χ3v) is 3.04. The summed E-state index contributed by atoms with van der Waals surface area (Å²) in [5, 5.41) is 0. The van der Waals surface area contributed by atoms with Gasteiger partial charge >= 0.3 is 0 Å². The molecule has 1 heterocycles. The van der Waals surface area contributed by atoms with Crippen LogP contribution >= 0.6 is 0 Å². The van der Waals surface area contributed by atoms with Gasteiger partial charge in [-0.2, -0.15) is 0 Å².